The van der Waals surface area contributed by atoms with Crippen LogP contribution in [0.25, 0.3) is 11.6 Å². The molecule has 2 aromatic rings. The molecule has 9 heteroatoms. The van der Waals surface area contributed by atoms with Crippen LogP contribution >= 0.6 is 11.8 Å². The van der Waals surface area contributed by atoms with Crippen LogP contribution in [0, 0.1) is 0 Å². The van der Waals surface area contributed by atoms with Crippen molar-refractivity contribution in [1.29, 1.82) is 0 Å². The second kappa shape index (κ2) is 6.31. The standard InChI is InChI=1S/C15H19N5O3S/c1-15(2)12(21)20(13(22)16-15)7-5-9-24-14-18-17-11(19(14)3)10-6-4-8-23-10/h4,6,8H,5,7,9H2,1-3H3,(H,16,22). The van der Waals surface area contributed by atoms with Crippen molar-refractivity contribution >= 4 is 23.7 Å². The minimum Gasteiger partial charge on any atom is -0.461 e. The number of aromatic nitrogens is 3. The Morgan fingerprint density at radius 3 is 2.75 bits per heavy atom. The molecule has 0 spiro atoms. The van der Waals surface area contributed by atoms with Gasteiger partial charge < -0.3 is 14.3 Å². The molecule has 0 unspecified atom stereocenters. The zero-order valence-electron chi connectivity index (χ0n) is 13.8. The molecule has 0 saturated carbocycles. The van der Waals surface area contributed by atoms with Crippen molar-refractivity contribution in [1.82, 2.24) is 25.0 Å². The lowest BCUT2D eigenvalue weighted by Crippen LogP contribution is -2.40. The van der Waals surface area contributed by atoms with Crippen molar-refractivity contribution < 1.29 is 14.0 Å². The first-order chi connectivity index (χ1) is 11.4. The molecule has 8 nitrogen and oxygen atoms in total. The van der Waals surface area contributed by atoms with Gasteiger partial charge in [-0.3, -0.25) is 9.69 Å². The molecular formula is C15H19N5O3S. The molecule has 3 heterocycles. The first-order valence-electron chi connectivity index (χ1n) is 7.60. The zero-order valence-corrected chi connectivity index (χ0v) is 14.6. The summed E-state index contributed by atoms with van der Waals surface area (Å²) < 4.78 is 7.19. The van der Waals surface area contributed by atoms with Gasteiger partial charge in [0.15, 0.2) is 16.7 Å². The lowest BCUT2D eigenvalue weighted by Gasteiger charge is -2.15. The van der Waals surface area contributed by atoms with E-state index in [4.69, 9.17) is 4.42 Å². The number of furan rings is 1. The van der Waals surface area contributed by atoms with Crippen LogP contribution in [0.3, 0.4) is 0 Å². The zero-order chi connectivity index (χ0) is 17.3. The molecule has 0 bridgehead atoms. The fourth-order valence-corrected chi connectivity index (χ4v) is 3.30. The average Bonchev–Trinajstić information content (AvgIpc) is 3.19. The van der Waals surface area contributed by atoms with E-state index in [9.17, 15) is 9.59 Å². The minimum absolute atomic E-state index is 0.184. The predicted molar refractivity (Wildman–Crippen MR) is 88.4 cm³/mol. The van der Waals surface area contributed by atoms with Gasteiger partial charge in [-0.1, -0.05) is 11.8 Å². The number of nitrogens with zero attached hydrogens (tertiary/aromatic N) is 4. The van der Waals surface area contributed by atoms with Crippen molar-refractivity contribution in [2.24, 2.45) is 7.05 Å². The number of carbonyl (C=O) groups is 2. The lowest BCUT2D eigenvalue weighted by molar-refractivity contribution is -0.130. The Morgan fingerprint density at radius 1 is 1.33 bits per heavy atom. The van der Waals surface area contributed by atoms with Crippen molar-refractivity contribution in [2.45, 2.75) is 31.0 Å². The number of thioether (sulfide) groups is 1. The highest BCUT2D eigenvalue weighted by Gasteiger charge is 2.43. The summed E-state index contributed by atoms with van der Waals surface area (Å²) in [6.45, 7) is 3.80. The molecule has 0 aliphatic carbocycles. The third kappa shape index (κ3) is 3.03. The molecule has 3 rings (SSSR count). The minimum atomic E-state index is -0.814. The fourth-order valence-electron chi connectivity index (χ4n) is 2.47. The molecule has 1 aliphatic heterocycles. The summed E-state index contributed by atoms with van der Waals surface area (Å²) in [6, 6.07) is 3.31. The largest absolute Gasteiger partial charge is 0.461 e. The number of rotatable bonds is 6. The quantitative estimate of drug-likeness (QED) is 0.486. The van der Waals surface area contributed by atoms with Crippen molar-refractivity contribution in [3.05, 3.63) is 18.4 Å². The van der Waals surface area contributed by atoms with Gasteiger partial charge in [0.05, 0.1) is 6.26 Å². The third-order valence-electron chi connectivity index (χ3n) is 3.78. The smallest absolute Gasteiger partial charge is 0.325 e. The molecule has 24 heavy (non-hydrogen) atoms. The van der Waals surface area contributed by atoms with E-state index in [0.717, 1.165) is 10.9 Å². The summed E-state index contributed by atoms with van der Waals surface area (Å²) in [5.74, 6) is 1.87. The Hall–Kier alpha value is -2.29. The van der Waals surface area contributed by atoms with Crippen LogP contribution in [0.2, 0.25) is 0 Å². The van der Waals surface area contributed by atoms with Gasteiger partial charge in [0.1, 0.15) is 5.54 Å². The van der Waals surface area contributed by atoms with E-state index in [1.54, 1.807) is 26.2 Å². The highest BCUT2D eigenvalue weighted by molar-refractivity contribution is 7.99. The van der Waals surface area contributed by atoms with Crippen LogP contribution in [0.5, 0.6) is 0 Å². The molecule has 2 aromatic heterocycles. The molecule has 3 amide bonds. The second-order valence-corrected chi connectivity index (χ2v) is 7.12. The van der Waals surface area contributed by atoms with Crippen LogP contribution in [0.4, 0.5) is 4.79 Å². The SMILES string of the molecule is Cn1c(SCCCN2C(=O)NC(C)(C)C2=O)nnc1-c1ccco1. The van der Waals surface area contributed by atoms with Gasteiger partial charge >= 0.3 is 6.03 Å². The van der Waals surface area contributed by atoms with E-state index in [-0.39, 0.29) is 11.9 Å². The van der Waals surface area contributed by atoms with Crippen molar-refractivity contribution in [2.75, 3.05) is 12.3 Å². The van der Waals surface area contributed by atoms with Gasteiger partial charge in [0.2, 0.25) is 0 Å². The molecule has 1 N–H and O–H groups in total. The summed E-state index contributed by atoms with van der Waals surface area (Å²) in [4.78, 5) is 25.2. The number of imide groups is 1. The van der Waals surface area contributed by atoms with Gasteiger partial charge in [0.25, 0.3) is 5.91 Å². The normalized spacial score (nSPS) is 16.7. The molecule has 0 radical (unpaired) electrons. The first kappa shape index (κ1) is 16.6. The van der Waals surface area contributed by atoms with Crippen molar-refractivity contribution in [3.63, 3.8) is 0 Å². The van der Waals surface area contributed by atoms with E-state index >= 15 is 0 Å². The Morgan fingerprint density at radius 2 is 2.12 bits per heavy atom. The van der Waals surface area contributed by atoms with E-state index in [1.165, 1.54) is 16.7 Å². The Balaban J connectivity index is 1.53. The molecule has 0 aromatic carbocycles. The van der Waals surface area contributed by atoms with Crippen molar-refractivity contribution in [3.8, 4) is 11.6 Å². The van der Waals surface area contributed by atoms with Gasteiger partial charge in [-0.25, -0.2) is 4.79 Å². The summed E-state index contributed by atoms with van der Waals surface area (Å²) in [6.07, 6.45) is 2.28. The molecule has 0 atom stereocenters. The fraction of sp³-hybridized carbons (Fsp3) is 0.467. The third-order valence-corrected chi connectivity index (χ3v) is 4.88. The highest BCUT2D eigenvalue weighted by Crippen LogP contribution is 2.24. The Labute approximate surface area is 143 Å². The molecule has 1 fully saturated rings. The summed E-state index contributed by atoms with van der Waals surface area (Å²) >= 11 is 1.53. The van der Waals surface area contributed by atoms with E-state index < -0.39 is 5.54 Å². The molecular weight excluding hydrogens is 330 g/mol. The molecule has 128 valence electrons. The van der Waals surface area contributed by atoms with E-state index in [0.29, 0.717) is 24.6 Å². The average molecular weight is 349 g/mol. The van der Waals surface area contributed by atoms with Crippen LogP contribution in [-0.4, -0.2) is 49.4 Å². The molecule has 1 aliphatic rings. The molecule has 1 saturated heterocycles. The van der Waals surface area contributed by atoms with Crippen LogP contribution in [0.15, 0.2) is 28.0 Å². The number of carbonyl (C=O) groups excluding carboxylic acids is 2. The lowest BCUT2D eigenvalue weighted by atomic mass is 10.1. The van der Waals surface area contributed by atoms with Gasteiger partial charge in [0, 0.05) is 19.3 Å². The summed E-state index contributed by atoms with van der Waals surface area (Å²) in [7, 11) is 1.88. The first-order valence-corrected chi connectivity index (χ1v) is 8.59. The van der Waals surface area contributed by atoms with E-state index in [2.05, 4.69) is 15.5 Å². The van der Waals surface area contributed by atoms with Crippen LogP contribution in [-0.2, 0) is 11.8 Å². The maximum Gasteiger partial charge on any atom is 0.325 e. The number of urea groups is 1. The predicted octanol–water partition coefficient (Wildman–Crippen LogP) is 1.89. The maximum atomic E-state index is 12.1. The van der Waals surface area contributed by atoms with Gasteiger partial charge in [-0.05, 0) is 32.4 Å². The van der Waals surface area contributed by atoms with Gasteiger partial charge in [-0.15, -0.1) is 10.2 Å². The number of amides is 3. The number of hydrogen-bond donors (Lipinski definition) is 1. The monoisotopic (exact) mass is 349 g/mol. The maximum absolute atomic E-state index is 12.1. The topological polar surface area (TPSA) is 93.3 Å². The highest BCUT2D eigenvalue weighted by atomic mass is 32.2. The van der Waals surface area contributed by atoms with Crippen LogP contribution < -0.4 is 5.32 Å². The Kier molecular flexibility index (Phi) is 4.35. The van der Waals surface area contributed by atoms with E-state index in [1.807, 2.05) is 17.7 Å². The summed E-state index contributed by atoms with van der Waals surface area (Å²) in [5.41, 5.74) is -0.814. The second-order valence-electron chi connectivity index (χ2n) is 6.06. The summed E-state index contributed by atoms with van der Waals surface area (Å²) in [5, 5.41) is 11.7. The number of nitrogens with one attached hydrogen (secondary N) is 1. The number of hydrogen-bond acceptors (Lipinski definition) is 6. The van der Waals surface area contributed by atoms with Gasteiger partial charge in [-0.2, -0.15) is 0 Å². The van der Waals surface area contributed by atoms with Crippen LogP contribution in [0.1, 0.15) is 20.3 Å². The Bertz CT molecular complexity index is 753.